The van der Waals surface area contributed by atoms with Crippen molar-refractivity contribution < 1.29 is 14.3 Å². The second-order valence-corrected chi connectivity index (χ2v) is 13.8. The Morgan fingerprint density at radius 2 is 1.52 bits per heavy atom. The molecular weight excluding hydrogens is 634 g/mol. The summed E-state index contributed by atoms with van der Waals surface area (Å²) in [6, 6.07) is 13.8. The number of likely N-dealkylation sites (tertiary alicyclic amines) is 2. The smallest absolute Gasteiger partial charge is 0.324 e. The zero-order chi connectivity index (χ0) is 34.6. The van der Waals surface area contributed by atoms with E-state index in [2.05, 4.69) is 44.4 Å². The van der Waals surface area contributed by atoms with Crippen molar-refractivity contribution in [3.63, 3.8) is 0 Å². The van der Waals surface area contributed by atoms with Gasteiger partial charge in [-0.1, -0.05) is 30.3 Å². The van der Waals surface area contributed by atoms with E-state index >= 15 is 0 Å². The van der Waals surface area contributed by atoms with Crippen LogP contribution in [0.15, 0.2) is 76.8 Å². The Bertz CT molecular complexity index is 1960. The lowest BCUT2D eigenvalue weighted by Gasteiger charge is -2.37. The lowest BCUT2D eigenvalue weighted by atomic mass is 10.00. The van der Waals surface area contributed by atoms with Crippen LogP contribution < -0.4 is 16.4 Å². The number of nitrogens with zero attached hydrogens (tertiary/aromatic N) is 6. The number of urea groups is 1. The summed E-state index contributed by atoms with van der Waals surface area (Å²) in [5.41, 5.74) is 3.82. The predicted molar refractivity (Wildman–Crippen MR) is 191 cm³/mol. The van der Waals surface area contributed by atoms with Crippen LogP contribution in [0.2, 0.25) is 0 Å². The highest BCUT2D eigenvalue weighted by atomic mass is 16.5. The summed E-state index contributed by atoms with van der Waals surface area (Å²) in [6.07, 6.45) is 12.0. The van der Waals surface area contributed by atoms with Gasteiger partial charge in [0.05, 0.1) is 24.1 Å². The Morgan fingerprint density at radius 1 is 0.800 bits per heavy atom. The number of imide groups is 1. The van der Waals surface area contributed by atoms with Crippen LogP contribution in [0.3, 0.4) is 0 Å². The third kappa shape index (κ3) is 7.72. The summed E-state index contributed by atoms with van der Waals surface area (Å²) < 4.78 is 9.94. The van der Waals surface area contributed by atoms with Crippen LogP contribution >= 0.6 is 0 Å². The van der Waals surface area contributed by atoms with Crippen molar-refractivity contribution in [3.05, 3.63) is 99.1 Å². The Balaban J connectivity index is 0.835. The quantitative estimate of drug-likeness (QED) is 0.271. The standard InChI is InChI=1S/C38H45N7O5/c1-41-26-34(32-8-14-39-23-33(32)37(41)48)28-6-4-27(5-7-28)24-43-18-11-31(12-19-43)50-30-9-16-42(17-10-30)21-22-44-15-2-3-29(36(44)47)25-45-20-13-35(46)40-38(45)49/h2-8,14-15,23,26,30-31H,9-13,16-22,24-25H2,1H3,(H,40,46,49). The Hall–Kier alpha value is -4.65. The van der Waals surface area contributed by atoms with Gasteiger partial charge in [0.1, 0.15) is 0 Å². The predicted octanol–water partition coefficient (Wildman–Crippen LogP) is 3.35. The van der Waals surface area contributed by atoms with E-state index in [4.69, 9.17) is 4.74 Å². The van der Waals surface area contributed by atoms with Gasteiger partial charge < -0.3 is 23.7 Å². The van der Waals surface area contributed by atoms with E-state index in [-0.39, 0.29) is 36.1 Å². The topological polar surface area (TPSA) is 122 Å². The van der Waals surface area contributed by atoms with Gasteiger partial charge >= 0.3 is 6.03 Å². The molecule has 0 spiro atoms. The van der Waals surface area contributed by atoms with Crippen molar-refractivity contribution in [1.29, 1.82) is 0 Å². The van der Waals surface area contributed by atoms with Crippen molar-refractivity contribution in [2.45, 2.75) is 63.9 Å². The monoisotopic (exact) mass is 679 g/mol. The molecule has 0 saturated carbocycles. The SMILES string of the molecule is Cn1cc(-c2ccc(CN3CCC(OC4CCN(CCn5cccc(CN6CCC(=O)NC6=O)c5=O)CC4)CC3)cc2)c2ccncc2c1=O. The number of carbonyl (C=O) groups excluding carboxylic acids is 2. The molecule has 12 nitrogen and oxygen atoms in total. The summed E-state index contributed by atoms with van der Waals surface area (Å²) in [5.74, 6) is -0.278. The Morgan fingerprint density at radius 3 is 2.24 bits per heavy atom. The number of carbonyl (C=O) groups is 2. The molecule has 3 amide bonds. The van der Waals surface area contributed by atoms with Crippen LogP contribution in [-0.4, -0.2) is 92.2 Å². The van der Waals surface area contributed by atoms with Crippen molar-refractivity contribution in [3.8, 4) is 11.1 Å². The molecule has 4 aromatic rings. The second-order valence-electron chi connectivity index (χ2n) is 13.8. The third-order valence-electron chi connectivity index (χ3n) is 10.4. The summed E-state index contributed by atoms with van der Waals surface area (Å²) >= 11 is 0. The number of hydrogen-bond donors (Lipinski definition) is 1. The molecule has 262 valence electrons. The molecule has 50 heavy (non-hydrogen) atoms. The summed E-state index contributed by atoms with van der Waals surface area (Å²) in [5, 5.41) is 3.87. The lowest BCUT2D eigenvalue weighted by Crippen LogP contribution is -2.49. The number of fused-ring (bicyclic) bond motifs is 1. The minimum atomic E-state index is -0.443. The molecule has 0 atom stereocenters. The first-order valence-electron chi connectivity index (χ1n) is 17.7. The highest BCUT2D eigenvalue weighted by molar-refractivity contribution is 5.96. The number of piperidine rings is 2. The van der Waals surface area contributed by atoms with Crippen molar-refractivity contribution in [2.24, 2.45) is 7.05 Å². The first-order valence-corrected chi connectivity index (χ1v) is 17.7. The molecule has 12 heteroatoms. The summed E-state index contributed by atoms with van der Waals surface area (Å²) in [7, 11) is 1.78. The second kappa shape index (κ2) is 15.1. The first-order chi connectivity index (χ1) is 24.3. The van der Waals surface area contributed by atoms with Crippen LogP contribution in [0.25, 0.3) is 21.9 Å². The lowest BCUT2D eigenvalue weighted by molar-refractivity contribution is -0.121. The zero-order valence-electron chi connectivity index (χ0n) is 28.6. The van der Waals surface area contributed by atoms with Gasteiger partial charge in [-0.3, -0.25) is 29.6 Å². The van der Waals surface area contributed by atoms with Gasteiger partial charge in [-0.2, -0.15) is 0 Å². The molecule has 1 aromatic carbocycles. The van der Waals surface area contributed by atoms with Gasteiger partial charge in [-0.05, 0) is 54.3 Å². The maximum absolute atomic E-state index is 13.1. The molecule has 0 aliphatic carbocycles. The minimum absolute atomic E-state index is 0.0378. The average molecular weight is 680 g/mol. The highest BCUT2D eigenvalue weighted by Gasteiger charge is 2.27. The molecule has 6 heterocycles. The number of aromatic nitrogens is 3. The molecular formula is C38H45N7O5. The Kier molecular flexibility index (Phi) is 10.2. The highest BCUT2D eigenvalue weighted by Crippen LogP contribution is 2.27. The number of ether oxygens (including phenoxy) is 1. The van der Waals surface area contributed by atoms with Gasteiger partial charge in [0, 0.05) is 102 Å². The van der Waals surface area contributed by atoms with E-state index in [1.165, 1.54) is 10.5 Å². The minimum Gasteiger partial charge on any atom is -0.375 e. The number of nitrogens with one attached hydrogen (secondary N) is 1. The largest absolute Gasteiger partial charge is 0.375 e. The van der Waals surface area contributed by atoms with Gasteiger partial charge in [-0.25, -0.2) is 4.79 Å². The van der Waals surface area contributed by atoms with Crippen molar-refractivity contribution >= 4 is 22.7 Å². The van der Waals surface area contributed by atoms with Crippen LogP contribution in [0.1, 0.15) is 43.2 Å². The molecule has 1 N–H and O–H groups in total. The van der Waals surface area contributed by atoms with Gasteiger partial charge in [-0.15, -0.1) is 0 Å². The van der Waals surface area contributed by atoms with Crippen LogP contribution in [0.5, 0.6) is 0 Å². The number of benzene rings is 1. The molecule has 3 fully saturated rings. The van der Waals surface area contributed by atoms with E-state index in [0.717, 1.165) is 81.5 Å². The molecule has 3 saturated heterocycles. The van der Waals surface area contributed by atoms with Crippen LogP contribution in [-0.2, 0) is 36.2 Å². The number of aryl methyl sites for hydroxylation is 1. The fourth-order valence-electron chi connectivity index (χ4n) is 7.42. The normalized spacial score (nSPS) is 18.5. The molecule has 0 unspecified atom stereocenters. The molecule has 0 radical (unpaired) electrons. The number of hydrogen-bond acceptors (Lipinski definition) is 8. The van der Waals surface area contributed by atoms with E-state index in [1.54, 1.807) is 40.8 Å². The van der Waals surface area contributed by atoms with Gasteiger partial charge in [0.25, 0.3) is 11.1 Å². The van der Waals surface area contributed by atoms with Crippen LogP contribution in [0.4, 0.5) is 4.79 Å². The van der Waals surface area contributed by atoms with Crippen LogP contribution in [0, 0.1) is 0 Å². The molecule has 3 aromatic heterocycles. The molecule has 3 aliphatic rings. The van der Waals surface area contributed by atoms with E-state index in [1.807, 2.05) is 18.3 Å². The zero-order valence-corrected chi connectivity index (χ0v) is 28.6. The van der Waals surface area contributed by atoms with E-state index in [0.29, 0.717) is 30.1 Å². The number of pyridine rings is 3. The van der Waals surface area contributed by atoms with E-state index < -0.39 is 6.03 Å². The Labute approximate surface area is 291 Å². The van der Waals surface area contributed by atoms with Gasteiger partial charge in [0.2, 0.25) is 5.91 Å². The van der Waals surface area contributed by atoms with Crippen molar-refractivity contribution in [1.82, 2.24) is 34.1 Å². The summed E-state index contributed by atoms with van der Waals surface area (Å²) in [4.78, 5) is 59.8. The summed E-state index contributed by atoms with van der Waals surface area (Å²) in [6.45, 7) is 6.72. The fourth-order valence-corrected chi connectivity index (χ4v) is 7.42. The average Bonchev–Trinajstić information content (AvgIpc) is 3.13. The molecule has 7 rings (SSSR count). The maximum Gasteiger partial charge on any atom is 0.324 e. The first kappa shape index (κ1) is 33.8. The van der Waals surface area contributed by atoms with Gasteiger partial charge in [0.15, 0.2) is 0 Å². The number of amides is 3. The fraction of sp³-hybridized carbons (Fsp3) is 0.447. The number of rotatable bonds is 10. The van der Waals surface area contributed by atoms with E-state index in [9.17, 15) is 19.2 Å². The third-order valence-corrected chi connectivity index (χ3v) is 10.4. The molecule has 0 bridgehead atoms. The maximum atomic E-state index is 13.1. The molecule has 3 aliphatic heterocycles. The van der Waals surface area contributed by atoms with Crippen molar-refractivity contribution in [2.75, 3.05) is 39.3 Å².